The molecule has 0 aliphatic carbocycles. The fraction of sp³-hybridized carbons (Fsp3) is 0.500. The number of aliphatic imine (C=N–C) groups is 1. The van der Waals surface area contributed by atoms with Crippen LogP contribution >= 0.6 is 0 Å². The fourth-order valence-corrected chi connectivity index (χ4v) is 0.828. The van der Waals surface area contributed by atoms with Crippen molar-refractivity contribution in [1.29, 1.82) is 0 Å². The highest BCUT2D eigenvalue weighted by Gasteiger charge is 1.93. The third kappa shape index (κ3) is 3.96. The molecule has 0 aliphatic heterocycles. The van der Waals surface area contributed by atoms with Crippen LogP contribution in [-0.2, 0) is 0 Å². The summed E-state index contributed by atoms with van der Waals surface area (Å²) in [4.78, 5) is 4.24. The maximum Gasteiger partial charge on any atom is 0.0996 e. The molecule has 0 unspecified atom stereocenters. The van der Waals surface area contributed by atoms with Gasteiger partial charge in [-0.05, 0) is 26.3 Å². The van der Waals surface area contributed by atoms with Crippen LogP contribution in [0.25, 0.3) is 0 Å². The minimum absolute atomic E-state index is 0.689. The molecule has 0 aromatic heterocycles. The zero-order valence-electron chi connectivity index (χ0n) is 8.22. The Bertz CT molecular complexity index is 208. The summed E-state index contributed by atoms with van der Waals surface area (Å²) in [6.45, 7) is 9.76. The first kappa shape index (κ1) is 11.0. The molecule has 0 rings (SSSR count). The average molecular weight is 166 g/mol. The van der Waals surface area contributed by atoms with E-state index < -0.39 is 0 Å². The lowest BCUT2D eigenvalue weighted by atomic mass is 10.2. The average Bonchev–Trinajstić information content (AvgIpc) is 2.00. The lowest BCUT2D eigenvalue weighted by molar-refractivity contribution is 0.979. The molecule has 0 atom stereocenters. The first-order valence-corrected chi connectivity index (χ1v) is 4.24. The van der Waals surface area contributed by atoms with Crippen LogP contribution in [0.3, 0.4) is 0 Å². The molecule has 0 bridgehead atoms. The second-order valence-corrected chi connectivity index (χ2v) is 2.94. The van der Waals surface area contributed by atoms with Crippen LogP contribution in [0.5, 0.6) is 0 Å². The van der Waals surface area contributed by atoms with Crippen molar-refractivity contribution >= 4 is 5.84 Å². The SMILES string of the molecule is C=CC(N=C(N)CCC)=C(C)C. The smallest absolute Gasteiger partial charge is 0.0996 e. The third-order valence-corrected chi connectivity index (χ3v) is 1.48. The number of rotatable bonds is 4. The van der Waals surface area contributed by atoms with Gasteiger partial charge in [0.25, 0.3) is 0 Å². The minimum Gasteiger partial charge on any atom is -0.387 e. The van der Waals surface area contributed by atoms with E-state index in [1.807, 2.05) is 13.8 Å². The molecule has 2 N–H and O–H groups in total. The Morgan fingerprint density at radius 3 is 2.42 bits per heavy atom. The number of allylic oxidation sites excluding steroid dienone is 2. The van der Waals surface area contributed by atoms with Crippen molar-refractivity contribution in [2.24, 2.45) is 10.7 Å². The molecule has 0 aromatic carbocycles. The first-order chi connectivity index (χ1) is 5.61. The van der Waals surface area contributed by atoms with Gasteiger partial charge in [0.2, 0.25) is 0 Å². The molecule has 0 aromatic rings. The van der Waals surface area contributed by atoms with E-state index in [4.69, 9.17) is 5.73 Å². The van der Waals surface area contributed by atoms with Crippen molar-refractivity contribution in [3.05, 3.63) is 23.9 Å². The van der Waals surface area contributed by atoms with Crippen molar-refractivity contribution in [1.82, 2.24) is 0 Å². The van der Waals surface area contributed by atoms with Crippen LogP contribution in [0.4, 0.5) is 0 Å². The van der Waals surface area contributed by atoms with E-state index in [9.17, 15) is 0 Å². The molecular formula is C10H18N2. The summed E-state index contributed by atoms with van der Waals surface area (Å²) in [5.74, 6) is 0.689. The number of nitrogens with zero attached hydrogens (tertiary/aromatic N) is 1. The molecule has 12 heavy (non-hydrogen) atoms. The van der Waals surface area contributed by atoms with Gasteiger partial charge in [0, 0.05) is 6.42 Å². The number of hydrogen-bond donors (Lipinski definition) is 1. The van der Waals surface area contributed by atoms with Gasteiger partial charge in [-0.2, -0.15) is 0 Å². The van der Waals surface area contributed by atoms with Crippen LogP contribution in [0.2, 0.25) is 0 Å². The maximum atomic E-state index is 5.67. The third-order valence-electron chi connectivity index (χ3n) is 1.48. The minimum atomic E-state index is 0.689. The normalized spacial score (nSPS) is 11.1. The molecule has 0 amide bonds. The summed E-state index contributed by atoms with van der Waals surface area (Å²) in [5.41, 5.74) is 7.70. The van der Waals surface area contributed by atoms with Crippen LogP contribution in [0, 0.1) is 0 Å². The first-order valence-electron chi connectivity index (χ1n) is 4.24. The molecule has 0 spiro atoms. The lowest BCUT2D eigenvalue weighted by Gasteiger charge is -2.00. The second-order valence-electron chi connectivity index (χ2n) is 2.94. The van der Waals surface area contributed by atoms with E-state index >= 15 is 0 Å². The van der Waals surface area contributed by atoms with Gasteiger partial charge in [0.1, 0.15) is 0 Å². The Morgan fingerprint density at radius 2 is 2.08 bits per heavy atom. The Hall–Kier alpha value is -1.05. The Morgan fingerprint density at radius 1 is 1.50 bits per heavy atom. The van der Waals surface area contributed by atoms with Gasteiger partial charge in [-0.25, -0.2) is 4.99 Å². The lowest BCUT2D eigenvalue weighted by Crippen LogP contribution is -2.10. The Kier molecular flexibility index (Phi) is 5.09. The predicted octanol–water partition coefficient (Wildman–Crippen LogP) is 2.62. The summed E-state index contributed by atoms with van der Waals surface area (Å²) in [6, 6.07) is 0. The van der Waals surface area contributed by atoms with Crippen LogP contribution < -0.4 is 5.73 Å². The number of nitrogens with two attached hydrogens (primary N) is 1. The van der Waals surface area contributed by atoms with E-state index in [1.54, 1.807) is 6.08 Å². The van der Waals surface area contributed by atoms with Gasteiger partial charge in [-0.15, -0.1) is 0 Å². The van der Waals surface area contributed by atoms with E-state index in [2.05, 4.69) is 18.5 Å². The molecule has 68 valence electrons. The Labute approximate surface area is 74.9 Å². The summed E-state index contributed by atoms with van der Waals surface area (Å²) >= 11 is 0. The standard InChI is InChI=1S/C10H18N2/c1-5-7-10(11)12-9(6-2)8(3)4/h6H,2,5,7H2,1,3-4H3,(H2,11,12). The van der Waals surface area contributed by atoms with Crippen molar-refractivity contribution in [2.45, 2.75) is 33.6 Å². The molecule has 0 radical (unpaired) electrons. The zero-order valence-corrected chi connectivity index (χ0v) is 8.22. The van der Waals surface area contributed by atoms with Gasteiger partial charge in [-0.1, -0.05) is 19.1 Å². The van der Waals surface area contributed by atoms with E-state index in [0.29, 0.717) is 5.84 Å². The second kappa shape index (κ2) is 5.58. The van der Waals surface area contributed by atoms with E-state index in [0.717, 1.165) is 24.1 Å². The number of amidine groups is 1. The van der Waals surface area contributed by atoms with Crippen LogP contribution in [0.15, 0.2) is 28.9 Å². The molecule has 0 fully saturated rings. The van der Waals surface area contributed by atoms with Crippen molar-refractivity contribution in [3.8, 4) is 0 Å². The Balaban J connectivity index is 4.48. The molecular weight excluding hydrogens is 148 g/mol. The maximum absolute atomic E-state index is 5.67. The van der Waals surface area contributed by atoms with Gasteiger partial charge < -0.3 is 5.73 Å². The van der Waals surface area contributed by atoms with Gasteiger partial charge >= 0.3 is 0 Å². The quantitative estimate of drug-likeness (QED) is 0.389. The highest BCUT2D eigenvalue weighted by atomic mass is 14.9. The molecule has 2 nitrogen and oxygen atoms in total. The van der Waals surface area contributed by atoms with Crippen molar-refractivity contribution < 1.29 is 0 Å². The zero-order chi connectivity index (χ0) is 9.56. The van der Waals surface area contributed by atoms with Gasteiger partial charge in [-0.3, -0.25) is 0 Å². The van der Waals surface area contributed by atoms with Crippen LogP contribution in [-0.4, -0.2) is 5.84 Å². The van der Waals surface area contributed by atoms with Gasteiger partial charge in [0.05, 0.1) is 11.5 Å². The number of hydrogen-bond acceptors (Lipinski definition) is 1. The van der Waals surface area contributed by atoms with E-state index in [-0.39, 0.29) is 0 Å². The van der Waals surface area contributed by atoms with Crippen molar-refractivity contribution in [3.63, 3.8) is 0 Å². The summed E-state index contributed by atoms with van der Waals surface area (Å²) < 4.78 is 0. The monoisotopic (exact) mass is 166 g/mol. The van der Waals surface area contributed by atoms with Gasteiger partial charge in [0.15, 0.2) is 0 Å². The highest BCUT2D eigenvalue weighted by Crippen LogP contribution is 2.06. The predicted molar refractivity (Wildman–Crippen MR) is 55.1 cm³/mol. The fourth-order valence-electron chi connectivity index (χ4n) is 0.828. The van der Waals surface area contributed by atoms with E-state index in [1.165, 1.54) is 0 Å². The summed E-state index contributed by atoms with van der Waals surface area (Å²) in [6.07, 6.45) is 3.62. The summed E-state index contributed by atoms with van der Waals surface area (Å²) in [7, 11) is 0. The summed E-state index contributed by atoms with van der Waals surface area (Å²) in [5, 5.41) is 0. The van der Waals surface area contributed by atoms with Crippen LogP contribution in [0.1, 0.15) is 33.6 Å². The van der Waals surface area contributed by atoms with Crippen molar-refractivity contribution in [2.75, 3.05) is 0 Å². The largest absolute Gasteiger partial charge is 0.387 e. The topological polar surface area (TPSA) is 38.4 Å². The molecule has 0 saturated heterocycles. The highest BCUT2D eigenvalue weighted by molar-refractivity contribution is 5.81. The molecule has 0 saturated carbocycles. The molecule has 0 aliphatic rings. The molecule has 0 heterocycles. The molecule has 2 heteroatoms.